The highest BCUT2D eigenvalue weighted by Crippen LogP contribution is 2.35. The number of likely N-dealkylation sites (tertiary alicyclic amines) is 1. The minimum atomic E-state index is 0.183. The Labute approximate surface area is 146 Å². The maximum Gasteiger partial charge on any atom is 0.208 e. The molecule has 4 rings (SSSR count). The van der Waals surface area contributed by atoms with Gasteiger partial charge in [0, 0.05) is 50.4 Å². The molecule has 0 unspecified atom stereocenters. The van der Waals surface area contributed by atoms with Gasteiger partial charge < -0.3 is 9.64 Å². The van der Waals surface area contributed by atoms with E-state index in [9.17, 15) is 0 Å². The van der Waals surface area contributed by atoms with Crippen molar-refractivity contribution >= 4 is 16.5 Å². The first-order valence-electron chi connectivity index (χ1n) is 8.51. The summed E-state index contributed by atoms with van der Waals surface area (Å²) in [6, 6.07) is 0. The average molecular weight is 348 g/mol. The van der Waals surface area contributed by atoms with Crippen LogP contribution in [-0.2, 0) is 18.3 Å². The van der Waals surface area contributed by atoms with Crippen LogP contribution in [0.15, 0.2) is 17.9 Å². The topological polar surface area (TPSA) is 59.3 Å². The van der Waals surface area contributed by atoms with Crippen molar-refractivity contribution in [2.75, 3.05) is 44.3 Å². The van der Waals surface area contributed by atoms with Crippen LogP contribution in [0.1, 0.15) is 18.4 Å². The van der Waals surface area contributed by atoms with Gasteiger partial charge in [-0.3, -0.25) is 9.58 Å². The van der Waals surface area contributed by atoms with E-state index in [2.05, 4.69) is 31.3 Å². The molecule has 0 saturated carbocycles. The summed E-state index contributed by atoms with van der Waals surface area (Å²) in [6.45, 7) is 6.70. The third-order valence-corrected chi connectivity index (χ3v) is 5.71. The normalized spacial score (nSPS) is 26.0. The Morgan fingerprint density at radius 2 is 2.29 bits per heavy atom. The van der Waals surface area contributed by atoms with E-state index in [1.54, 1.807) is 11.3 Å². The van der Waals surface area contributed by atoms with Crippen molar-refractivity contribution in [1.82, 2.24) is 24.9 Å². The summed E-state index contributed by atoms with van der Waals surface area (Å²) < 4.78 is 7.87. The minimum absolute atomic E-state index is 0.183. The number of hydrogen-bond acceptors (Lipinski definition) is 7. The van der Waals surface area contributed by atoms with Crippen LogP contribution in [0.2, 0.25) is 0 Å². The lowest BCUT2D eigenvalue weighted by Crippen LogP contribution is -2.50. The summed E-state index contributed by atoms with van der Waals surface area (Å²) in [4.78, 5) is 4.91. The van der Waals surface area contributed by atoms with Gasteiger partial charge in [0.1, 0.15) is 5.51 Å². The van der Waals surface area contributed by atoms with Crippen molar-refractivity contribution in [3.63, 3.8) is 0 Å². The summed E-state index contributed by atoms with van der Waals surface area (Å²) in [5.74, 6) is 0. The molecule has 1 spiro atoms. The highest BCUT2D eigenvalue weighted by atomic mass is 32.1. The summed E-state index contributed by atoms with van der Waals surface area (Å²) in [6.07, 6.45) is 6.51. The Bertz CT molecular complexity index is 659. The number of nitrogens with zero attached hydrogens (tertiary/aromatic N) is 6. The van der Waals surface area contributed by atoms with Gasteiger partial charge in [-0.1, -0.05) is 11.3 Å². The largest absolute Gasteiger partial charge is 0.379 e. The fourth-order valence-electron chi connectivity index (χ4n) is 3.96. The van der Waals surface area contributed by atoms with Crippen LogP contribution in [0.3, 0.4) is 0 Å². The van der Waals surface area contributed by atoms with Gasteiger partial charge in [-0.25, -0.2) is 0 Å². The molecule has 0 aliphatic carbocycles. The molecule has 2 aliphatic rings. The fourth-order valence-corrected chi connectivity index (χ4v) is 4.55. The Balaban J connectivity index is 1.47. The number of aryl methyl sites for hydroxylation is 1. The number of hydrogen-bond donors (Lipinski definition) is 0. The molecular weight excluding hydrogens is 324 g/mol. The average Bonchev–Trinajstić information content (AvgIpc) is 3.19. The molecule has 2 aliphatic heterocycles. The third kappa shape index (κ3) is 3.45. The van der Waals surface area contributed by atoms with Gasteiger partial charge >= 0.3 is 0 Å². The highest BCUT2D eigenvalue weighted by molar-refractivity contribution is 7.13. The predicted octanol–water partition coefficient (Wildman–Crippen LogP) is 1.39. The zero-order valence-electron chi connectivity index (χ0n) is 14.1. The molecule has 2 fully saturated rings. The SMILES string of the molecule is Cn1cc(CN2CCC[C@@]3(COCCN(c4nncs4)C3)C2)cn1. The number of rotatable bonds is 3. The van der Waals surface area contributed by atoms with Crippen LogP contribution in [0.4, 0.5) is 5.13 Å². The molecule has 2 aromatic rings. The Kier molecular flexibility index (Phi) is 4.51. The summed E-state index contributed by atoms with van der Waals surface area (Å²) in [5.41, 5.74) is 3.27. The predicted molar refractivity (Wildman–Crippen MR) is 93.1 cm³/mol. The van der Waals surface area contributed by atoms with E-state index < -0.39 is 0 Å². The molecule has 1 atom stereocenters. The lowest BCUT2D eigenvalue weighted by Gasteiger charge is -2.43. The Morgan fingerprint density at radius 1 is 1.33 bits per heavy atom. The van der Waals surface area contributed by atoms with Gasteiger partial charge in [0.15, 0.2) is 0 Å². The van der Waals surface area contributed by atoms with Gasteiger partial charge in [0.05, 0.1) is 19.4 Å². The summed E-state index contributed by atoms with van der Waals surface area (Å²) in [5, 5.41) is 13.6. The maximum absolute atomic E-state index is 5.99. The number of aromatic nitrogens is 4. The molecule has 0 bridgehead atoms. The van der Waals surface area contributed by atoms with E-state index >= 15 is 0 Å². The van der Waals surface area contributed by atoms with E-state index in [-0.39, 0.29) is 5.41 Å². The van der Waals surface area contributed by atoms with Gasteiger partial charge in [-0.2, -0.15) is 5.10 Å². The molecule has 130 valence electrons. The van der Waals surface area contributed by atoms with Gasteiger partial charge in [-0.05, 0) is 19.4 Å². The molecule has 2 aromatic heterocycles. The molecule has 8 heteroatoms. The second-order valence-electron chi connectivity index (χ2n) is 7.03. The third-order valence-electron chi connectivity index (χ3n) is 4.96. The van der Waals surface area contributed by atoms with Crippen molar-refractivity contribution in [2.24, 2.45) is 12.5 Å². The second kappa shape index (κ2) is 6.78. The van der Waals surface area contributed by atoms with Crippen LogP contribution in [-0.4, -0.2) is 64.3 Å². The zero-order chi connectivity index (χ0) is 16.4. The summed E-state index contributed by atoms with van der Waals surface area (Å²) in [7, 11) is 1.97. The van der Waals surface area contributed by atoms with Crippen LogP contribution < -0.4 is 4.90 Å². The van der Waals surface area contributed by atoms with Crippen LogP contribution in [0, 0.1) is 5.41 Å². The Morgan fingerprint density at radius 3 is 3.08 bits per heavy atom. The quantitative estimate of drug-likeness (QED) is 0.835. The first kappa shape index (κ1) is 16.0. The van der Waals surface area contributed by atoms with Crippen molar-refractivity contribution in [3.8, 4) is 0 Å². The molecule has 2 saturated heterocycles. The van der Waals surface area contributed by atoms with E-state index in [4.69, 9.17) is 4.74 Å². The van der Waals surface area contributed by atoms with E-state index in [1.165, 1.54) is 18.4 Å². The van der Waals surface area contributed by atoms with Crippen molar-refractivity contribution in [1.29, 1.82) is 0 Å². The number of piperidine rings is 1. The van der Waals surface area contributed by atoms with Gasteiger partial charge in [-0.15, -0.1) is 10.2 Å². The van der Waals surface area contributed by atoms with E-state index in [0.717, 1.165) is 51.1 Å². The highest BCUT2D eigenvalue weighted by Gasteiger charge is 2.39. The zero-order valence-corrected chi connectivity index (χ0v) is 14.9. The maximum atomic E-state index is 5.99. The van der Waals surface area contributed by atoms with Gasteiger partial charge in [0.25, 0.3) is 0 Å². The first-order chi connectivity index (χ1) is 11.7. The smallest absolute Gasteiger partial charge is 0.208 e. The molecular formula is C16H24N6OS. The molecule has 0 aromatic carbocycles. The summed E-state index contributed by atoms with van der Waals surface area (Å²) >= 11 is 1.62. The van der Waals surface area contributed by atoms with Crippen LogP contribution >= 0.6 is 11.3 Å². The number of ether oxygens (including phenoxy) is 1. The molecule has 0 N–H and O–H groups in total. The molecule has 0 amide bonds. The number of anilines is 1. The molecule has 0 radical (unpaired) electrons. The molecule has 24 heavy (non-hydrogen) atoms. The lowest BCUT2D eigenvalue weighted by atomic mass is 9.80. The monoisotopic (exact) mass is 348 g/mol. The first-order valence-corrected chi connectivity index (χ1v) is 9.39. The Hall–Kier alpha value is -1.51. The van der Waals surface area contributed by atoms with E-state index in [0.29, 0.717) is 0 Å². The van der Waals surface area contributed by atoms with Crippen LogP contribution in [0.5, 0.6) is 0 Å². The van der Waals surface area contributed by atoms with Crippen molar-refractivity contribution in [3.05, 3.63) is 23.5 Å². The van der Waals surface area contributed by atoms with Gasteiger partial charge in [0.2, 0.25) is 5.13 Å². The lowest BCUT2D eigenvalue weighted by molar-refractivity contribution is 0.0106. The van der Waals surface area contributed by atoms with E-state index in [1.807, 2.05) is 23.4 Å². The standard InChI is InChI=1S/C16H24N6OS/c1-20-8-14(7-18-20)9-21-4-2-3-16(10-21)11-22(5-6-23-12-16)15-19-17-13-24-15/h7-8,13H,2-6,9-12H2,1H3/t16-/m1/s1. The second-order valence-corrected chi connectivity index (χ2v) is 7.84. The van der Waals surface area contributed by atoms with Crippen molar-refractivity contribution in [2.45, 2.75) is 19.4 Å². The fraction of sp³-hybridized carbons (Fsp3) is 0.688. The van der Waals surface area contributed by atoms with Crippen LogP contribution in [0.25, 0.3) is 0 Å². The molecule has 4 heterocycles. The molecule has 7 nitrogen and oxygen atoms in total. The minimum Gasteiger partial charge on any atom is -0.379 e. The van der Waals surface area contributed by atoms with Crippen molar-refractivity contribution < 1.29 is 4.74 Å².